The Hall–Kier alpha value is -3.96. The maximum Gasteiger partial charge on any atom is 0.325 e. The van der Waals surface area contributed by atoms with Crippen molar-refractivity contribution in [3.63, 3.8) is 0 Å². The average molecular weight is 537 g/mol. The number of benzene rings is 3. The lowest BCUT2D eigenvalue weighted by Crippen LogP contribution is -2.53. The molecule has 2 heterocycles. The molecular formula is C27H28N4O6S. The van der Waals surface area contributed by atoms with E-state index in [0.29, 0.717) is 11.3 Å². The molecule has 2 saturated heterocycles. The van der Waals surface area contributed by atoms with Gasteiger partial charge in [-0.2, -0.15) is 4.31 Å². The van der Waals surface area contributed by atoms with E-state index in [0.717, 1.165) is 15.7 Å². The van der Waals surface area contributed by atoms with E-state index in [-0.39, 0.29) is 31.1 Å². The predicted molar refractivity (Wildman–Crippen MR) is 140 cm³/mol. The summed E-state index contributed by atoms with van der Waals surface area (Å²) in [5, 5.41) is 4.69. The Morgan fingerprint density at radius 1 is 0.947 bits per heavy atom. The monoisotopic (exact) mass is 536 g/mol. The largest absolute Gasteiger partial charge is 0.497 e. The van der Waals surface area contributed by atoms with Crippen LogP contribution in [0.4, 0.5) is 4.79 Å². The van der Waals surface area contributed by atoms with Crippen LogP contribution in [0.3, 0.4) is 0 Å². The summed E-state index contributed by atoms with van der Waals surface area (Å²) in [6.07, 6.45) is 0. The second-order valence-corrected chi connectivity index (χ2v) is 11.4. The summed E-state index contributed by atoms with van der Waals surface area (Å²) in [6.45, 7) is 1.73. The summed E-state index contributed by atoms with van der Waals surface area (Å²) in [7, 11) is -2.22. The van der Waals surface area contributed by atoms with Gasteiger partial charge in [-0.3, -0.25) is 14.5 Å². The Bertz CT molecular complexity index is 1520. The first-order valence-electron chi connectivity index (χ1n) is 12.2. The number of methoxy groups -OCH3 is 1. The van der Waals surface area contributed by atoms with Crippen molar-refractivity contribution in [1.82, 2.24) is 19.4 Å². The summed E-state index contributed by atoms with van der Waals surface area (Å²) in [5.41, 5.74) is -0.672. The van der Waals surface area contributed by atoms with Crippen LogP contribution in [0.1, 0.15) is 12.5 Å². The van der Waals surface area contributed by atoms with Crippen molar-refractivity contribution in [2.24, 2.45) is 0 Å². The standard InChI is InChI=1S/C27H28N4O6S/c1-27(21-8-7-19-5-3-4-6-20(19)17-21)25(33)31(26(34)28-27)18-24(32)29-13-15-30(16-14-29)38(35,36)23-11-9-22(37-2)10-12-23/h3-12,17H,13-16,18H2,1-2H3,(H,28,34)/t27-/m1/s1. The van der Waals surface area contributed by atoms with Crippen LogP contribution in [0.15, 0.2) is 71.6 Å². The van der Waals surface area contributed by atoms with E-state index in [1.54, 1.807) is 25.1 Å². The van der Waals surface area contributed by atoms with Crippen molar-refractivity contribution in [2.45, 2.75) is 17.4 Å². The molecule has 2 aliphatic heterocycles. The molecule has 11 heteroatoms. The maximum atomic E-state index is 13.4. The minimum atomic E-state index is -3.73. The number of nitrogens with zero attached hydrogens (tertiary/aromatic N) is 3. The zero-order valence-corrected chi connectivity index (χ0v) is 21.9. The third-order valence-corrected chi connectivity index (χ3v) is 9.10. The zero-order chi connectivity index (χ0) is 27.1. The normalized spacial score (nSPS) is 20.6. The van der Waals surface area contributed by atoms with Gasteiger partial charge in [-0.1, -0.05) is 36.4 Å². The number of imide groups is 1. The molecule has 0 aromatic heterocycles. The molecular weight excluding hydrogens is 508 g/mol. The molecule has 0 bridgehead atoms. The number of ether oxygens (including phenoxy) is 1. The second-order valence-electron chi connectivity index (χ2n) is 9.47. The molecule has 0 aliphatic carbocycles. The molecule has 4 amide bonds. The van der Waals surface area contributed by atoms with E-state index in [4.69, 9.17) is 4.74 Å². The zero-order valence-electron chi connectivity index (χ0n) is 21.1. The summed E-state index contributed by atoms with van der Waals surface area (Å²) in [6, 6.07) is 18.8. The maximum absolute atomic E-state index is 13.4. The first-order valence-corrected chi connectivity index (χ1v) is 13.6. The highest BCUT2D eigenvalue weighted by Gasteiger charge is 2.50. The van der Waals surface area contributed by atoms with Gasteiger partial charge in [-0.05, 0) is 53.6 Å². The number of nitrogens with one attached hydrogen (secondary N) is 1. The fourth-order valence-corrected chi connectivity index (χ4v) is 6.27. The summed E-state index contributed by atoms with van der Waals surface area (Å²) < 4.78 is 32.4. The number of piperazine rings is 1. The highest BCUT2D eigenvalue weighted by Crippen LogP contribution is 2.31. The quantitative estimate of drug-likeness (QED) is 0.483. The molecule has 0 saturated carbocycles. The number of fused-ring (bicyclic) bond motifs is 1. The van der Waals surface area contributed by atoms with Crippen LogP contribution >= 0.6 is 0 Å². The molecule has 1 N–H and O–H groups in total. The van der Waals surface area contributed by atoms with Crippen molar-refractivity contribution >= 4 is 38.6 Å². The number of hydrogen-bond acceptors (Lipinski definition) is 6. The van der Waals surface area contributed by atoms with Crippen LogP contribution in [0.5, 0.6) is 5.75 Å². The Morgan fingerprint density at radius 2 is 1.61 bits per heavy atom. The lowest BCUT2D eigenvalue weighted by atomic mass is 9.90. The summed E-state index contributed by atoms with van der Waals surface area (Å²) in [4.78, 5) is 41.7. The molecule has 1 atom stereocenters. The van der Waals surface area contributed by atoms with Crippen LogP contribution in [0.2, 0.25) is 0 Å². The highest BCUT2D eigenvalue weighted by atomic mass is 32.2. The van der Waals surface area contributed by atoms with Crippen molar-refractivity contribution in [3.05, 3.63) is 72.3 Å². The number of carbonyl (C=O) groups is 3. The van der Waals surface area contributed by atoms with Gasteiger partial charge in [0.15, 0.2) is 0 Å². The first kappa shape index (κ1) is 25.7. The molecule has 2 fully saturated rings. The van der Waals surface area contributed by atoms with Gasteiger partial charge in [0.1, 0.15) is 17.8 Å². The van der Waals surface area contributed by atoms with Crippen molar-refractivity contribution in [2.75, 3.05) is 39.8 Å². The SMILES string of the molecule is COc1ccc(S(=O)(=O)N2CCN(C(=O)CN3C(=O)N[C@](C)(c4ccc5ccccc5c4)C3=O)CC2)cc1. The van der Waals surface area contributed by atoms with E-state index in [9.17, 15) is 22.8 Å². The molecule has 2 aliphatic rings. The summed E-state index contributed by atoms with van der Waals surface area (Å²) >= 11 is 0. The van der Waals surface area contributed by atoms with Crippen LogP contribution in [-0.2, 0) is 25.2 Å². The van der Waals surface area contributed by atoms with Gasteiger partial charge in [0.2, 0.25) is 15.9 Å². The van der Waals surface area contributed by atoms with Crippen LogP contribution in [0, 0.1) is 0 Å². The van der Waals surface area contributed by atoms with Gasteiger partial charge >= 0.3 is 6.03 Å². The summed E-state index contributed by atoms with van der Waals surface area (Å²) in [5.74, 6) is -0.374. The number of carbonyl (C=O) groups excluding carboxylic acids is 3. The van der Waals surface area contributed by atoms with Crippen molar-refractivity contribution in [3.8, 4) is 5.75 Å². The topological polar surface area (TPSA) is 116 Å². The third-order valence-electron chi connectivity index (χ3n) is 7.18. The highest BCUT2D eigenvalue weighted by molar-refractivity contribution is 7.89. The van der Waals surface area contributed by atoms with Crippen molar-refractivity contribution < 1.29 is 27.5 Å². The molecule has 3 aromatic rings. The Balaban J connectivity index is 1.24. The van der Waals surface area contributed by atoms with Crippen molar-refractivity contribution in [1.29, 1.82) is 0 Å². The smallest absolute Gasteiger partial charge is 0.325 e. The van der Waals surface area contributed by atoms with Gasteiger partial charge < -0.3 is 15.0 Å². The van der Waals surface area contributed by atoms with Crippen LogP contribution < -0.4 is 10.1 Å². The van der Waals surface area contributed by atoms with Gasteiger partial charge in [0.25, 0.3) is 5.91 Å². The van der Waals surface area contributed by atoms with Gasteiger partial charge in [0.05, 0.1) is 12.0 Å². The molecule has 10 nitrogen and oxygen atoms in total. The van der Waals surface area contributed by atoms with Gasteiger partial charge in [-0.25, -0.2) is 13.2 Å². The Morgan fingerprint density at radius 3 is 2.26 bits per heavy atom. The van der Waals surface area contributed by atoms with E-state index in [1.165, 1.54) is 28.4 Å². The third kappa shape index (κ3) is 4.48. The lowest BCUT2D eigenvalue weighted by molar-refractivity contribution is -0.139. The second kappa shape index (κ2) is 9.73. The van der Waals surface area contributed by atoms with E-state index in [1.807, 2.05) is 36.4 Å². The number of sulfonamides is 1. The van der Waals surface area contributed by atoms with E-state index < -0.39 is 40.0 Å². The van der Waals surface area contributed by atoms with Gasteiger partial charge in [-0.15, -0.1) is 0 Å². The molecule has 3 aromatic carbocycles. The average Bonchev–Trinajstić information content (AvgIpc) is 3.16. The number of urea groups is 1. The molecule has 0 unspecified atom stereocenters. The minimum absolute atomic E-state index is 0.106. The fourth-order valence-electron chi connectivity index (χ4n) is 4.85. The predicted octanol–water partition coefficient (Wildman–Crippen LogP) is 2.15. The fraction of sp³-hybridized carbons (Fsp3) is 0.296. The molecule has 38 heavy (non-hydrogen) atoms. The molecule has 198 valence electrons. The molecule has 5 rings (SSSR count). The van der Waals surface area contributed by atoms with Crippen LogP contribution in [0.25, 0.3) is 10.8 Å². The van der Waals surface area contributed by atoms with Gasteiger partial charge in [0, 0.05) is 26.2 Å². The molecule has 0 radical (unpaired) electrons. The number of hydrogen-bond donors (Lipinski definition) is 1. The molecule has 0 spiro atoms. The first-order chi connectivity index (χ1) is 18.1. The van der Waals surface area contributed by atoms with Crippen LogP contribution in [-0.4, -0.2) is 80.2 Å². The van der Waals surface area contributed by atoms with E-state index in [2.05, 4.69) is 5.32 Å². The lowest BCUT2D eigenvalue weighted by Gasteiger charge is -2.34. The minimum Gasteiger partial charge on any atom is -0.497 e. The number of rotatable bonds is 6. The Labute approximate surface area is 220 Å². The number of amides is 4. The van der Waals surface area contributed by atoms with E-state index >= 15 is 0 Å². The Kier molecular flexibility index (Phi) is 6.58.